The Bertz CT molecular complexity index is 1180. The van der Waals surface area contributed by atoms with Crippen LogP contribution in [0.25, 0.3) is 11.0 Å². The molecule has 29 heavy (non-hydrogen) atoms. The summed E-state index contributed by atoms with van der Waals surface area (Å²) in [7, 11) is 0. The van der Waals surface area contributed by atoms with Crippen LogP contribution in [0.5, 0.6) is 0 Å². The van der Waals surface area contributed by atoms with Crippen LogP contribution in [0.4, 0.5) is 5.69 Å². The molecule has 9 nitrogen and oxygen atoms in total. The van der Waals surface area contributed by atoms with Crippen LogP contribution < -0.4 is 16.5 Å². The predicted molar refractivity (Wildman–Crippen MR) is 104 cm³/mol. The lowest BCUT2D eigenvalue weighted by atomic mass is 10.1. The maximum atomic E-state index is 12.3. The molecule has 9 heteroatoms. The molecule has 0 unspecified atom stereocenters. The van der Waals surface area contributed by atoms with Gasteiger partial charge in [-0.05, 0) is 30.2 Å². The fourth-order valence-electron chi connectivity index (χ4n) is 2.67. The SMILES string of the molecule is C=CCc1cccc2cc(C(=O)NNC(=O)c3ccc([N+](=O)[O-])cc3)c(=O)oc12. The van der Waals surface area contributed by atoms with Gasteiger partial charge in [-0.3, -0.25) is 30.6 Å². The lowest BCUT2D eigenvalue weighted by molar-refractivity contribution is -0.384. The molecule has 146 valence electrons. The maximum absolute atomic E-state index is 12.3. The van der Waals surface area contributed by atoms with E-state index in [2.05, 4.69) is 17.4 Å². The van der Waals surface area contributed by atoms with Crippen molar-refractivity contribution in [1.82, 2.24) is 10.9 Å². The summed E-state index contributed by atoms with van der Waals surface area (Å²) in [5, 5.41) is 11.2. The van der Waals surface area contributed by atoms with Gasteiger partial charge >= 0.3 is 5.63 Å². The summed E-state index contributed by atoms with van der Waals surface area (Å²) in [6.07, 6.45) is 2.17. The predicted octanol–water partition coefficient (Wildman–Crippen LogP) is 2.50. The summed E-state index contributed by atoms with van der Waals surface area (Å²) >= 11 is 0. The molecular formula is C20H15N3O6. The molecule has 0 fully saturated rings. The number of fused-ring (bicyclic) bond motifs is 1. The first-order valence-corrected chi connectivity index (χ1v) is 8.42. The Hall–Kier alpha value is -4.27. The molecule has 0 spiro atoms. The van der Waals surface area contributed by atoms with Gasteiger partial charge in [-0.2, -0.15) is 0 Å². The first kappa shape index (κ1) is 19.5. The Morgan fingerprint density at radius 2 is 1.79 bits per heavy atom. The lowest BCUT2D eigenvalue weighted by Crippen LogP contribution is -2.43. The average molecular weight is 393 g/mol. The molecule has 3 aromatic rings. The summed E-state index contributed by atoms with van der Waals surface area (Å²) in [6, 6.07) is 11.4. The van der Waals surface area contributed by atoms with E-state index in [1.165, 1.54) is 18.2 Å². The van der Waals surface area contributed by atoms with Gasteiger partial charge in [0.1, 0.15) is 11.1 Å². The van der Waals surface area contributed by atoms with Crippen LogP contribution in [0, 0.1) is 10.1 Å². The Balaban J connectivity index is 1.76. The molecule has 1 heterocycles. The number of nitrogens with zero attached hydrogens (tertiary/aromatic N) is 1. The Labute approximate surface area is 163 Å². The van der Waals surface area contributed by atoms with E-state index in [0.717, 1.165) is 17.7 Å². The second kappa shape index (κ2) is 8.17. The van der Waals surface area contributed by atoms with E-state index in [9.17, 15) is 24.5 Å². The molecule has 0 aliphatic carbocycles. The van der Waals surface area contributed by atoms with Gasteiger partial charge in [0.15, 0.2) is 0 Å². The van der Waals surface area contributed by atoms with Gasteiger partial charge in [-0.1, -0.05) is 24.3 Å². The van der Waals surface area contributed by atoms with Gasteiger partial charge in [0.2, 0.25) is 0 Å². The van der Waals surface area contributed by atoms with Gasteiger partial charge in [0, 0.05) is 23.1 Å². The zero-order valence-corrected chi connectivity index (χ0v) is 15.0. The number of rotatable bonds is 5. The third kappa shape index (κ3) is 4.19. The quantitative estimate of drug-likeness (QED) is 0.296. The number of nitrogens with one attached hydrogen (secondary N) is 2. The monoisotopic (exact) mass is 393 g/mol. The molecular weight excluding hydrogens is 378 g/mol. The van der Waals surface area contributed by atoms with Crippen molar-refractivity contribution in [3.05, 3.63) is 98.4 Å². The first-order valence-electron chi connectivity index (χ1n) is 8.42. The van der Waals surface area contributed by atoms with E-state index in [1.807, 2.05) is 0 Å². The molecule has 0 bridgehead atoms. The number of nitro groups is 1. The Kier molecular flexibility index (Phi) is 5.49. The molecule has 3 rings (SSSR count). The molecule has 2 amide bonds. The highest BCUT2D eigenvalue weighted by Crippen LogP contribution is 2.19. The standard InChI is InChI=1S/C20H15N3O6/c1-2-4-12-5-3-6-14-11-16(20(26)29-17(12)14)19(25)22-21-18(24)13-7-9-15(10-8-13)23(27)28/h2-3,5-11H,1,4H2,(H,21,24)(H,22,25). The number of carbonyl (C=O) groups is 2. The molecule has 2 N–H and O–H groups in total. The normalized spacial score (nSPS) is 10.3. The summed E-state index contributed by atoms with van der Waals surface area (Å²) in [5.41, 5.74) is 4.19. The van der Waals surface area contributed by atoms with Gasteiger partial charge in [0.25, 0.3) is 17.5 Å². The number of para-hydroxylation sites is 1. The zero-order chi connectivity index (χ0) is 21.0. The van der Waals surface area contributed by atoms with Crippen molar-refractivity contribution in [2.75, 3.05) is 0 Å². The number of hydrazine groups is 1. The van der Waals surface area contributed by atoms with Gasteiger partial charge in [0.05, 0.1) is 4.92 Å². The van der Waals surface area contributed by atoms with E-state index < -0.39 is 22.4 Å². The van der Waals surface area contributed by atoms with Crippen LogP contribution in [-0.2, 0) is 6.42 Å². The highest BCUT2D eigenvalue weighted by molar-refractivity contribution is 6.00. The minimum Gasteiger partial charge on any atom is -0.422 e. The van der Waals surface area contributed by atoms with Crippen molar-refractivity contribution in [1.29, 1.82) is 0 Å². The van der Waals surface area contributed by atoms with Crippen molar-refractivity contribution in [3.8, 4) is 0 Å². The van der Waals surface area contributed by atoms with E-state index in [4.69, 9.17) is 4.42 Å². The van der Waals surface area contributed by atoms with Crippen molar-refractivity contribution in [2.24, 2.45) is 0 Å². The van der Waals surface area contributed by atoms with Crippen molar-refractivity contribution < 1.29 is 18.9 Å². The second-order valence-corrected chi connectivity index (χ2v) is 5.99. The first-order chi connectivity index (χ1) is 13.9. The molecule has 1 aromatic heterocycles. The molecule has 2 aromatic carbocycles. The number of allylic oxidation sites excluding steroid dienone is 1. The summed E-state index contributed by atoms with van der Waals surface area (Å²) in [6.45, 7) is 3.65. The molecule has 0 atom stereocenters. The fraction of sp³-hybridized carbons (Fsp3) is 0.0500. The minimum atomic E-state index is -0.856. The number of non-ortho nitro benzene ring substituents is 1. The topological polar surface area (TPSA) is 132 Å². The second-order valence-electron chi connectivity index (χ2n) is 5.99. The molecule has 0 saturated heterocycles. The lowest BCUT2D eigenvalue weighted by Gasteiger charge is -2.08. The smallest absolute Gasteiger partial charge is 0.349 e. The number of amides is 2. The summed E-state index contributed by atoms with van der Waals surface area (Å²) in [4.78, 5) is 46.6. The number of benzene rings is 2. The Morgan fingerprint density at radius 3 is 2.45 bits per heavy atom. The largest absolute Gasteiger partial charge is 0.422 e. The van der Waals surface area contributed by atoms with Crippen LogP contribution in [0.1, 0.15) is 26.3 Å². The van der Waals surface area contributed by atoms with Crippen molar-refractivity contribution >= 4 is 28.5 Å². The number of carbonyl (C=O) groups excluding carboxylic acids is 2. The van der Waals surface area contributed by atoms with E-state index >= 15 is 0 Å². The Morgan fingerprint density at radius 1 is 1.10 bits per heavy atom. The van der Waals surface area contributed by atoms with Gasteiger partial charge in [-0.15, -0.1) is 6.58 Å². The van der Waals surface area contributed by atoms with Crippen LogP contribution in [0.15, 0.2) is 70.4 Å². The molecule has 0 aliphatic heterocycles. The fourth-order valence-corrected chi connectivity index (χ4v) is 2.67. The van der Waals surface area contributed by atoms with E-state index in [0.29, 0.717) is 17.4 Å². The summed E-state index contributed by atoms with van der Waals surface area (Å²) in [5.74, 6) is -1.56. The van der Waals surface area contributed by atoms with Crippen molar-refractivity contribution in [2.45, 2.75) is 6.42 Å². The van der Waals surface area contributed by atoms with Crippen LogP contribution in [0.3, 0.4) is 0 Å². The van der Waals surface area contributed by atoms with Crippen molar-refractivity contribution in [3.63, 3.8) is 0 Å². The number of hydrogen-bond donors (Lipinski definition) is 2. The van der Waals surface area contributed by atoms with Gasteiger partial charge < -0.3 is 4.42 Å². The highest BCUT2D eigenvalue weighted by atomic mass is 16.6. The molecule has 0 radical (unpaired) electrons. The zero-order valence-electron chi connectivity index (χ0n) is 15.0. The molecule has 0 saturated carbocycles. The maximum Gasteiger partial charge on any atom is 0.349 e. The van der Waals surface area contributed by atoms with E-state index in [1.54, 1.807) is 24.3 Å². The molecule has 0 aliphatic rings. The van der Waals surface area contributed by atoms with Crippen LogP contribution in [0.2, 0.25) is 0 Å². The van der Waals surface area contributed by atoms with Crippen LogP contribution >= 0.6 is 0 Å². The summed E-state index contributed by atoms with van der Waals surface area (Å²) < 4.78 is 5.28. The van der Waals surface area contributed by atoms with E-state index in [-0.39, 0.29) is 16.8 Å². The van der Waals surface area contributed by atoms with Crippen LogP contribution in [-0.4, -0.2) is 16.7 Å². The number of nitro benzene ring substituents is 1. The average Bonchev–Trinajstić information content (AvgIpc) is 2.72. The minimum absolute atomic E-state index is 0.0931. The van der Waals surface area contributed by atoms with Gasteiger partial charge in [-0.25, -0.2) is 4.79 Å². The third-order valence-corrected chi connectivity index (χ3v) is 4.08. The number of hydrogen-bond acceptors (Lipinski definition) is 6. The highest BCUT2D eigenvalue weighted by Gasteiger charge is 2.16. The third-order valence-electron chi connectivity index (χ3n) is 4.08.